The molecule has 2 aromatic carbocycles. The van der Waals surface area contributed by atoms with Gasteiger partial charge in [0.2, 0.25) is 0 Å². The Hall–Kier alpha value is -1.40. The van der Waals surface area contributed by atoms with Gasteiger partial charge in [-0.2, -0.15) is 0 Å². The molecular weight excluding hydrogens is 301 g/mol. The molecule has 0 spiro atoms. The van der Waals surface area contributed by atoms with Gasteiger partial charge in [0.25, 0.3) is 9.46 Å². The maximum atomic E-state index is 12.0. The quantitative estimate of drug-likeness (QED) is 0.838. The lowest BCUT2D eigenvalue weighted by molar-refractivity contribution is 0.390. The number of rotatable bonds is 3. The van der Waals surface area contributed by atoms with Gasteiger partial charge in [-0.1, -0.05) is 24.3 Å². The Morgan fingerprint density at radius 1 is 1.00 bits per heavy atom. The Labute approximate surface area is 116 Å². The first-order chi connectivity index (χ1) is 9.16. The highest BCUT2D eigenvalue weighted by Crippen LogP contribution is 2.49. The lowest BCUT2D eigenvalue weighted by Gasteiger charge is -2.17. The van der Waals surface area contributed by atoms with Crippen molar-refractivity contribution in [2.24, 2.45) is 0 Å². The lowest BCUT2D eigenvalue weighted by atomic mass is 10.1. The molecule has 0 radical (unpaired) electrons. The minimum atomic E-state index is -5.28. The summed E-state index contributed by atoms with van der Waals surface area (Å²) in [5, 5.41) is 0.911. The van der Waals surface area contributed by atoms with Gasteiger partial charge in [0.1, 0.15) is 0 Å². The largest absolute Gasteiger partial charge is 0.444 e. The molecule has 108 valence electrons. The second kappa shape index (κ2) is 4.86. The average Bonchev–Trinajstić information content (AvgIpc) is 2.35. The third-order valence-electron chi connectivity index (χ3n) is 2.93. The lowest BCUT2D eigenvalue weighted by Crippen LogP contribution is -2.09. The standard InChI is InChI=1S/C12H14NO5PS/c1-13(2)11-7-3-6-10-9(11)5-4-8-12(10)20(17,18)19(14,15)16/h3-8H,1-2H3,(H2,14,15,16). The Morgan fingerprint density at radius 3 is 2.10 bits per heavy atom. The summed E-state index contributed by atoms with van der Waals surface area (Å²) in [5.74, 6) is 0. The number of anilines is 1. The van der Waals surface area contributed by atoms with Crippen LogP contribution in [0, 0.1) is 0 Å². The van der Waals surface area contributed by atoms with Crippen LogP contribution >= 0.6 is 6.80 Å². The zero-order valence-corrected chi connectivity index (χ0v) is 12.6. The van der Waals surface area contributed by atoms with Crippen molar-refractivity contribution in [3.63, 3.8) is 0 Å². The van der Waals surface area contributed by atoms with E-state index >= 15 is 0 Å². The molecule has 0 fully saturated rings. The Balaban J connectivity index is 2.89. The topological polar surface area (TPSA) is 94.9 Å². The second-order valence-electron chi connectivity index (χ2n) is 4.49. The molecule has 0 atom stereocenters. The third-order valence-corrected chi connectivity index (χ3v) is 6.94. The van der Waals surface area contributed by atoms with Crippen LogP contribution in [0.4, 0.5) is 5.69 Å². The number of benzene rings is 2. The van der Waals surface area contributed by atoms with E-state index in [0.717, 1.165) is 5.69 Å². The molecular formula is C12H14NO5PS. The molecule has 0 bridgehead atoms. The Bertz CT molecular complexity index is 810. The highest BCUT2D eigenvalue weighted by atomic mass is 32.8. The number of hydrogen-bond donors (Lipinski definition) is 2. The summed E-state index contributed by atoms with van der Waals surface area (Å²) in [6.07, 6.45) is 0. The molecule has 6 nitrogen and oxygen atoms in total. The van der Waals surface area contributed by atoms with Crippen molar-refractivity contribution in [2.45, 2.75) is 4.90 Å². The summed E-state index contributed by atoms with van der Waals surface area (Å²) in [5.41, 5.74) is 0.769. The van der Waals surface area contributed by atoms with Crippen molar-refractivity contribution in [3.8, 4) is 0 Å². The molecule has 2 rings (SSSR count). The minimum absolute atomic E-state index is 0.294. The van der Waals surface area contributed by atoms with Crippen LogP contribution in [0.25, 0.3) is 10.8 Å². The first-order valence-electron chi connectivity index (χ1n) is 5.66. The van der Waals surface area contributed by atoms with Crippen LogP contribution in [-0.4, -0.2) is 32.3 Å². The van der Waals surface area contributed by atoms with E-state index in [1.165, 1.54) is 18.2 Å². The summed E-state index contributed by atoms with van der Waals surface area (Å²) in [6.45, 7) is -5.28. The number of hydrogen-bond acceptors (Lipinski definition) is 4. The average molecular weight is 315 g/mol. The van der Waals surface area contributed by atoms with Gasteiger partial charge in [-0.3, -0.25) is 0 Å². The minimum Gasteiger partial charge on any atom is -0.377 e. The number of nitrogens with zero attached hydrogens (tertiary/aromatic N) is 1. The number of fused-ring (bicyclic) bond motifs is 1. The van der Waals surface area contributed by atoms with E-state index in [4.69, 9.17) is 9.79 Å². The Morgan fingerprint density at radius 2 is 1.55 bits per heavy atom. The van der Waals surface area contributed by atoms with Crippen molar-refractivity contribution >= 4 is 32.7 Å². The predicted molar refractivity (Wildman–Crippen MR) is 77.5 cm³/mol. The summed E-state index contributed by atoms with van der Waals surface area (Å²) in [4.78, 5) is 19.5. The third kappa shape index (κ3) is 2.33. The zero-order chi connectivity index (χ0) is 15.1. The summed E-state index contributed by atoms with van der Waals surface area (Å²) in [7, 11) is -1.09. The molecule has 0 aliphatic heterocycles. The van der Waals surface area contributed by atoms with E-state index in [1.54, 1.807) is 37.2 Å². The molecule has 0 aromatic heterocycles. The fourth-order valence-electron chi connectivity index (χ4n) is 2.01. The molecule has 0 unspecified atom stereocenters. The molecule has 0 heterocycles. The molecule has 0 saturated heterocycles. The van der Waals surface area contributed by atoms with Gasteiger partial charge in [0, 0.05) is 30.6 Å². The van der Waals surface area contributed by atoms with Gasteiger partial charge in [0.05, 0.1) is 4.90 Å². The molecule has 2 N–H and O–H groups in total. The first-order valence-corrected chi connectivity index (χ1v) is 9.36. The predicted octanol–water partition coefficient (Wildman–Crippen LogP) is 1.77. The van der Waals surface area contributed by atoms with Crippen LogP contribution in [0.1, 0.15) is 0 Å². The van der Waals surface area contributed by atoms with Gasteiger partial charge in [0.15, 0.2) is 0 Å². The van der Waals surface area contributed by atoms with Crippen molar-refractivity contribution in [1.29, 1.82) is 0 Å². The van der Waals surface area contributed by atoms with Crippen LogP contribution in [0.2, 0.25) is 0 Å². The smallest absolute Gasteiger partial charge is 0.377 e. The zero-order valence-electron chi connectivity index (χ0n) is 10.9. The van der Waals surface area contributed by atoms with E-state index in [-0.39, 0.29) is 4.90 Å². The Kier molecular flexibility index (Phi) is 3.64. The second-order valence-corrected chi connectivity index (χ2v) is 9.73. The maximum absolute atomic E-state index is 12.0. The fraction of sp³-hybridized carbons (Fsp3) is 0.167. The molecule has 2 aromatic rings. The fourth-order valence-corrected chi connectivity index (χ4v) is 4.22. The highest BCUT2D eigenvalue weighted by molar-refractivity contribution is 8.48. The van der Waals surface area contributed by atoms with E-state index in [0.29, 0.717) is 10.8 Å². The molecule has 0 aliphatic rings. The summed E-state index contributed by atoms with van der Waals surface area (Å²) < 4.78 is 35.2. The molecule has 0 saturated carbocycles. The molecule has 0 amide bonds. The van der Waals surface area contributed by atoms with E-state index in [1.807, 2.05) is 0 Å². The molecule has 20 heavy (non-hydrogen) atoms. The summed E-state index contributed by atoms with van der Waals surface area (Å²) >= 11 is 0. The van der Waals surface area contributed by atoms with Crippen LogP contribution in [0.15, 0.2) is 41.3 Å². The van der Waals surface area contributed by atoms with Crippen molar-refractivity contribution in [1.82, 2.24) is 0 Å². The van der Waals surface area contributed by atoms with Gasteiger partial charge in [-0.15, -0.1) is 0 Å². The van der Waals surface area contributed by atoms with Crippen LogP contribution < -0.4 is 4.90 Å². The van der Waals surface area contributed by atoms with Crippen LogP contribution in [0.3, 0.4) is 0 Å². The summed E-state index contributed by atoms with van der Waals surface area (Å²) in [6, 6.07) is 9.37. The van der Waals surface area contributed by atoms with E-state index < -0.39 is 16.3 Å². The van der Waals surface area contributed by atoms with Crippen molar-refractivity contribution < 1.29 is 22.8 Å². The molecule has 0 aliphatic carbocycles. The highest BCUT2D eigenvalue weighted by Gasteiger charge is 2.37. The van der Waals surface area contributed by atoms with Gasteiger partial charge >= 0.3 is 6.80 Å². The van der Waals surface area contributed by atoms with E-state index in [2.05, 4.69) is 0 Å². The monoisotopic (exact) mass is 315 g/mol. The maximum Gasteiger partial charge on any atom is 0.444 e. The van der Waals surface area contributed by atoms with Crippen LogP contribution in [-0.2, 0) is 14.0 Å². The van der Waals surface area contributed by atoms with Crippen molar-refractivity contribution in [3.05, 3.63) is 36.4 Å². The normalized spacial score (nSPS) is 12.6. The van der Waals surface area contributed by atoms with Gasteiger partial charge < -0.3 is 14.7 Å². The van der Waals surface area contributed by atoms with Gasteiger partial charge in [-0.05, 0) is 12.1 Å². The van der Waals surface area contributed by atoms with Gasteiger partial charge in [-0.25, -0.2) is 13.0 Å². The van der Waals surface area contributed by atoms with Crippen molar-refractivity contribution in [2.75, 3.05) is 19.0 Å². The SMILES string of the molecule is CN(C)c1cccc2c(S(=O)(=O)P(=O)(O)O)cccc12. The van der Waals surface area contributed by atoms with Crippen LogP contribution in [0.5, 0.6) is 0 Å². The molecule has 8 heteroatoms. The first kappa shape index (κ1) is 15.0. The van der Waals surface area contributed by atoms with E-state index in [9.17, 15) is 13.0 Å².